The zero-order valence-electron chi connectivity index (χ0n) is 12.0. The van der Waals surface area contributed by atoms with Gasteiger partial charge in [-0.1, -0.05) is 6.07 Å². The number of carbonyl (C=O) groups excluding carboxylic acids is 1. The highest BCUT2D eigenvalue weighted by atomic mass is 32.1. The molecular weight excluding hydrogens is 327 g/mol. The van der Waals surface area contributed by atoms with E-state index in [0.29, 0.717) is 6.54 Å². The lowest BCUT2D eigenvalue weighted by Gasteiger charge is -2.16. The summed E-state index contributed by atoms with van der Waals surface area (Å²) in [6.45, 7) is 1.37. The third-order valence-corrected chi connectivity index (χ3v) is 4.50. The third-order valence-electron chi connectivity index (χ3n) is 3.67. The lowest BCUT2D eigenvalue weighted by Crippen LogP contribution is -2.37. The highest BCUT2D eigenvalue weighted by Gasteiger charge is 2.31. The Balaban J connectivity index is 1.64. The van der Waals surface area contributed by atoms with E-state index >= 15 is 0 Å². The van der Waals surface area contributed by atoms with E-state index < -0.39 is 17.6 Å². The van der Waals surface area contributed by atoms with Crippen molar-refractivity contribution < 1.29 is 18.0 Å². The Hall–Kier alpha value is -2.09. The van der Waals surface area contributed by atoms with Crippen LogP contribution in [0.25, 0.3) is 0 Å². The quantitative estimate of drug-likeness (QED) is 0.933. The first kappa shape index (κ1) is 15.8. The predicted octanol–water partition coefficient (Wildman–Crippen LogP) is 3.17. The number of carbonyl (C=O) groups is 1. The van der Waals surface area contributed by atoms with Gasteiger partial charge in [-0.05, 0) is 24.6 Å². The molecule has 3 rings (SSSR count). The maximum absolute atomic E-state index is 12.7. The molecule has 0 spiro atoms. The molecule has 1 fully saturated rings. The summed E-state index contributed by atoms with van der Waals surface area (Å²) in [5.74, 6) is -0.484. The van der Waals surface area contributed by atoms with Gasteiger partial charge in [-0.2, -0.15) is 13.2 Å². The van der Waals surface area contributed by atoms with Gasteiger partial charge in [0.25, 0.3) is 5.91 Å². The van der Waals surface area contributed by atoms with Crippen LogP contribution in [0.2, 0.25) is 0 Å². The number of nitrogens with zero attached hydrogens (tertiary/aromatic N) is 2. The molecule has 1 aromatic heterocycles. The molecule has 0 saturated carbocycles. The van der Waals surface area contributed by atoms with Gasteiger partial charge in [0.2, 0.25) is 0 Å². The molecule has 1 aromatic carbocycles. The molecule has 4 nitrogen and oxygen atoms in total. The summed E-state index contributed by atoms with van der Waals surface area (Å²) in [4.78, 5) is 18.4. The average Bonchev–Trinajstić information content (AvgIpc) is 3.17. The van der Waals surface area contributed by atoms with Gasteiger partial charge in [0.15, 0.2) is 5.13 Å². The van der Waals surface area contributed by atoms with Crippen molar-refractivity contribution in [1.29, 1.82) is 0 Å². The van der Waals surface area contributed by atoms with Crippen molar-refractivity contribution in [2.45, 2.75) is 18.6 Å². The summed E-state index contributed by atoms with van der Waals surface area (Å²) in [6, 6.07) is 4.37. The van der Waals surface area contributed by atoms with Crippen molar-refractivity contribution in [1.82, 2.24) is 10.3 Å². The molecule has 2 aromatic rings. The Labute approximate surface area is 135 Å². The van der Waals surface area contributed by atoms with Crippen molar-refractivity contribution in [2.75, 3.05) is 18.0 Å². The number of benzene rings is 1. The van der Waals surface area contributed by atoms with Gasteiger partial charge in [-0.3, -0.25) is 4.79 Å². The summed E-state index contributed by atoms with van der Waals surface area (Å²) in [5, 5.41) is 5.56. The Kier molecular flexibility index (Phi) is 4.25. The Bertz CT molecular complexity index is 688. The van der Waals surface area contributed by atoms with Gasteiger partial charge < -0.3 is 10.2 Å². The Morgan fingerprint density at radius 2 is 2.22 bits per heavy atom. The predicted molar refractivity (Wildman–Crippen MR) is 81.6 cm³/mol. The standard InChI is InChI=1S/C15H14F3N3OS/c16-15(17,18)11-3-1-2-10(8-11)13(22)20-12-4-6-21(9-12)14-19-5-7-23-14/h1-3,5,7-8,12H,4,6,9H2,(H,20,22). The Morgan fingerprint density at radius 1 is 1.39 bits per heavy atom. The minimum Gasteiger partial charge on any atom is -0.347 e. The number of aromatic nitrogens is 1. The van der Waals surface area contributed by atoms with Crippen molar-refractivity contribution in [3.63, 3.8) is 0 Å². The maximum Gasteiger partial charge on any atom is 0.416 e. The number of anilines is 1. The van der Waals surface area contributed by atoms with Crippen LogP contribution in [-0.4, -0.2) is 30.0 Å². The lowest BCUT2D eigenvalue weighted by molar-refractivity contribution is -0.137. The molecule has 0 aliphatic carbocycles. The molecule has 0 bridgehead atoms. The fourth-order valence-electron chi connectivity index (χ4n) is 2.53. The SMILES string of the molecule is O=C(NC1CCN(c2nccs2)C1)c1cccc(C(F)(F)F)c1. The van der Waals surface area contributed by atoms with E-state index in [-0.39, 0.29) is 11.6 Å². The highest BCUT2D eigenvalue weighted by Crippen LogP contribution is 2.29. The smallest absolute Gasteiger partial charge is 0.347 e. The summed E-state index contributed by atoms with van der Waals surface area (Å²) in [6.07, 6.45) is -2.00. The second-order valence-electron chi connectivity index (χ2n) is 5.30. The van der Waals surface area contributed by atoms with Gasteiger partial charge in [-0.25, -0.2) is 4.98 Å². The van der Waals surface area contributed by atoms with Crippen LogP contribution in [0.15, 0.2) is 35.8 Å². The van der Waals surface area contributed by atoms with E-state index in [2.05, 4.69) is 15.2 Å². The first-order chi connectivity index (χ1) is 10.9. The molecular formula is C15H14F3N3OS. The number of rotatable bonds is 3. The molecule has 23 heavy (non-hydrogen) atoms. The van der Waals surface area contributed by atoms with Gasteiger partial charge in [-0.15, -0.1) is 11.3 Å². The third kappa shape index (κ3) is 3.64. The van der Waals surface area contributed by atoms with Gasteiger partial charge in [0.1, 0.15) is 0 Å². The zero-order chi connectivity index (χ0) is 16.4. The summed E-state index contributed by atoms with van der Waals surface area (Å²) in [5.41, 5.74) is -0.798. The summed E-state index contributed by atoms with van der Waals surface area (Å²) in [7, 11) is 0. The topological polar surface area (TPSA) is 45.2 Å². The van der Waals surface area contributed by atoms with Crippen molar-refractivity contribution in [3.05, 3.63) is 47.0 Å². The number of alkyl halides is 3. The molecule has 1 aliphatic rings. The lowest BCUT2D eigenvalue weighted by atomic mass is 10.1. The van der Waals surface area contributed by atoms with E-state index in [0.717, 1.165) is 30.2 Å². The van der Waals surface area contributed by atoms with Crippen LogP contribution in [0, 0.1) is 0 Å². The number of halogens is 3. The number of hydrogen-bond donors (Lipinski definition) is 1. The van der Waals surface area contributed by atoms with Crippen LogP contribution in [0.3, 0.4) is 0 Å². The molecule has 1 saturated heterocycles. The molecule has 8 heteroatoms. The van der Waals surface area contributed by atoms with Crippen LogP contribution in [0.5, 0.6) is 0 Å². The van der Waals surface area contributed by atoms with Crippen molar-refractivity contribution in [3.8, 4) is 0 Å². The molecule has 0 radical (unpaired) electrons. The fourth-order valence-corrected chi connectivity index (χ4v) is 3.21. The summed E-state index contributed by atoms with van der Waals surface area (Å²) >= 11 is 1.52. The van der Waals surface area contributed by atoms with E-state index in [1.54, 1.807) is 6.20 Å². The van der Waals surface area contributed by atoms with Crippen molar-refractivity contribution in [2.24, 2.45) is 0 Å². The minimum atomic E-state index is -4.45. The number of amides is 1. The normalized spacial score (nSPS) is 18.2. The second-order valence-corrected chi connectivity index (χ2v) is 6.17. The number of nitrogens with one attached hydrogen (secondary N) is 1. The Morgan fingerprint density at radius 3 is 2.91 bits per heavy atom. The molecule has 1 unspecified atom stereocenters. The largest absolute Gasteiger partial charge is 0.416 e. The maximum atomic E-state index is 12.7. The fraction of sp³-hybridized carbons (Fsp3) is 0.333. The van der Waals surface area contributed by atoms with E-state index in [9.17, 15) is 18.0 Å². The number of hydrogen-bond acceptors (Lipinski definition) is 4. The summed E-state index contributed by atoms with van der Waals surface area (Å²) < 4.78 is 38.1. The minimum absolute atomic E-state index is 0.0209. The van der Waals surface area contributed by atoms with Crippen LogP contribution < -0.4 is 10.2 Å². The van der Waals surface area contributed by atoms with Gasteiger partial charge in [0.05, 0.1) is 5.56 Å². The van der Waals surface area contributed by atoms with Gasteiger partial charge >= 0.3 is 6.18 Å². The monoisotopic (exact) mass is 341 g/mol. The molecule has 1 aliphatic heterocycles. The average molecular weight is 341 g/mol. The number of thiazole rings is 1. The van der Waals surface area contributed by atoms with E-state index in [1.807, 2.05) is 5.38 Å². The molecule has 122 valence electrons. The van der Waals surface area contributed by atoms with Crippen LogP contribution >= 0.6 is 11.3 Å². The molecule has 2 heterocycles. The van der Waals surface area contributed by atoms with Crippen molar-refractivity contribution >= 4 is 22.4 Å². The van der Waals surface area contributed by atoms with Crippen LogP contribution in [0.4, 0.5) is 18.3 Å². The van der Waals surface area contributed by atoms with Crippen LogP contribution in [0.1, 0.15) is 22.3 Å². The molecule has 1 atom stereocenters. The highest BCUT2D eigenvalue weighted by molar-refractivity contribution is 7.13. The molecule has 1 amide bonds. The van der Waals surface area contributed by atoms with E-state index in [1.165, 1.54) is 23.5 Å². The first-order valence-corrected chi connectivity index (χ1v) is 7.94. The zero-order valence-corrected chi connectivity index (χ0v) is 12.8. The van der Waals surface area contributed by atoms with Gasteiger partial charge in [0, 0.05) is 36.3 Å². The first-order valence-electron chi connectivity index (χ1n) is 7.06. The van der Waals surface area contributed by atoms with Crippen LogP contribution in [-0.2, 0) is 6.18 Å². The second kappa shape index (κ2) is 6.19. The molecule has 1 N–H and O–H groups in total. The van der Waals surface area contributed by atoms with E-state index in [4.69, 9.17) is 0 Å².